The fraction of sp³-hybridized carbons (Fsp3) is 0.222. The molecule has 1 aromatic carbocycles. The topological polar surface area (TPSA) is 97.5 Å². The zero-order valence-electron chi connectivity index (χ0n) is 8.10. The van der Waals surface area contributed by atoms with E-state index in [1.54, 1.807) is 6.92 Å². The van der Waals surface area contributed by atoms with E-state index in [4.69, 9.17) is 10.8 Å². The molecule has 1 aromatic rings. The summed E-state index contributed by atoms with van der Waals surface area (Å²) >= 11 is 0. The van der Waals surface area contributed by atoms with Crippen molar-refractivity contribution in [3.8, 4) is 0 Å². The highest BCUT2D eigenvalue weighted by molar-refractivity contribution is 7.92. The lowest BCUT2D eigenvalue weighted by atomic mass is 10.2. The molecular weight excluding hydrogens is 218 g/mol. The van der Waals surface area contributed by atoms with E-state index in [0.29, 0.717) is 11.3 Å². The van der Waals surface area contributed by atoms with Gasteiger partial charge in [0.15, 0.2) is 15.6 Å². The minimum absolute atomic E-state index is 0.0131. The minimum Gasteiger partial charge on any atom is -0.480 e. The molecule has 0 bridgehead atoms. The van der Waals surface area contributed by atoms with Gasteiger partial charge < -0.3 is 10.8 Å². The molecule has 0 saturated heterocycles. The Labute approximate surface area is 87.4 Å². The Bertz CT molecular complexity index is 493. The van der Waals surface area contributed by atoms with Crippen molar-refractivity contribution in [1.82, 2.24) is 0 Å². The van der Waals surface area contributed by atoms with Crippen molar-refractivity contribution >= 4 is 21.5 Å². The maximum atomic E-state index is 11.6. The number of hydrogen-bond donors (Lipinski definition) is 2. The van der Waals surface area contributed by atoms with Gasteiger partial charge in [-0.2, -0.15) is 0 Å². The van der Waals surface area contributed by atoms with Crippen molar-refractivity contribution in [2.24, 2.45) is 0 Å². The summed E-state index contributed by atoms with van der Waals surface area (Å²) < 4.78 is 23.1. The van der Waals surface area contributed by atoms with Crippen LogP contribution < -0.4 is 5.73 Å². The first kappa shape index (κ1) is 11.5. The molecular formula is C9H11NO4S. The van der Waals surface area contributed by atoms with Gasteiger partial charge in [0.05, 0.1) is 4.90 Å². The lowest BCUT2D eigenvalue weighted by Crippen LogP contribution is -2.16. The van der Waals surface area contributed by atoms with E-state index >= 15 is 0 Å². The summed E-state index contributed by atoms with van der Waals surface area (Å²) in [6, 6.07) is 4.25. The van der Waals surface area contributed by atoms with E-state index < -0.39 is 21.6 Å². The van der Waals surface area contributed by atoms with Gasteiger partial charge in [-0.25, -0.2) is 8.42 Å². The van der Waals surface area contributed by atoms with E-state index in [2.05, 4.69) is 0 Å². The van der Waals surface area contributed by atoms with Gasteiger partial charge in [0.2, 0.25) is 0 Å². The minimum atomic E-state index is -3.76. The molecule has 0 fully saturated rings. The molecule has 0 amide bonds. The fourth-order valence-corrected chi connectivity index (χ4v) is 2.57. The first-order valence-electron chi connectivity index (χ1n) is 4.13. The number of carboxylic acids is 1. The molecule has 0 spiro atoms. The number of carboxylic acid groups (broad SMARTS) is 1. The van der Waals surface area contributed by atoms with Crippen molar-refractivity contribution in [3.63, 3.8) is 0 Å². The molecule has 0 heterocycles. The second kappa shape index (κ2) is 3.90. The van der Waals surface area contributed by atoms with Gasteiger partial charge in [-0.15, -0.1) is 0 Å². The largest absolute Gasteiger partial charge is 0.480 e. The number of hydrogen-bond acceptors (Lipinski definition) is 4. The highest BCUT2D eigenvalue weighted by atomic mass is 32.2. The Hall–Kier alpha value is -1.56. The Morgan fingerprint density at radius 3 is 2.53 bits per heavy atom. The molecule has 1 rings (SSSR count). The number of carbonyl (C=O) groups is 1. The summed E-state index contributed by atoms with van der Waals surface area (Å²) in [7, 11) is -3.76. The highest BCUT2D eigenvalue weighted by Gasteiger charge is 2.20. The molecule has 5 nitrogen and oxygen atoms in total. The lowest BCUT2D eigenvalue weighted by Gasteiger charge is -2.06. The van der Waals surface area contributed by atoms with Gasteiger partial charge in [-0.3, -0.25) is 4.79 Å². The number of nitrogen functional groups attached to an aromatic ring is 1. The van der Waals surface area contributed by atoms with Crippen molar-refractivity contribution < 1.29 is 18.3 Å². The Morgan fingerprint density at radius 2 is 2.07 bits per heavy atom. The first-order valence-corrected chi connectivity index (χ1v) is 5.79. The third-order valence-electron chi connectivity index (χ3n) is 1.85. The van der Waals surface area contributed by atoms with Crippen LogP contribution in [0.2, 0.25) is 0 Å². The molecule has 0 atom stereocenters. The van der Waals surface area contributed by atoms with Gasteiger partial charge in [-0.05, 0) is 30.7 Å². The van der Waals surface area contributed by atoms with Crippen LogP contribution in [-0.2, 0) is 14.6 Å². The summed E-state index contributed by atoms with van der Waals surface area (Å²) in [5.41, 5.74) is 6.36. The summed E-state index contributed by atoms with van der Waals surface area (Å²) in [6.45, 7) is 1.57. The summed E-state index contributed by atoms with van der Waals surface area (Å²) in [5, 5.41) is 8.45. The number of rotatable bonds is 3. The van der Waals surface area contributed by atoms with Gasteiger partial charge in [-0.1, -0.05) is 0 Å². The van der Waals surface area contributed by atoms with Crippen LogP contribution in [0.3, 0.4) is 0 Å². The van der Waals surface area contributed by atoms with E-state index in [1.165, 1.54) is 18.2 Å². The Balaban J connectivity index is 3.22. The smallest absolute Gasteiger partial charge is 0.319 e. The number of aryl methyl sites for hydroxylation is 1. The number of aliphatic carboxylic acids is 1. The van der Waals surface area contributed by atoms with Gasteiger partial charge in [0.1, 0.15) is 0 Å². The second-order valence-electron chi connectivity index (χ2n) is 3.18. The van der Waals surface area contributed by atoms with Crippen LogP contribution in [0.25, 0.3) is 0 Å². The van der Waals surface area contributed by atoms with E-state index in [-0.39, 0.29) is 4.90 Å². The summed E-state index contributed by atoms with van der Waals surface area (Å²) in [6.07, 6.45) is 0. The molecule has 0 aliphatic carbocycles. The zero-order chi connectivity index (χ0) is 11.6. The second-order valence-corrected chi connectivity index (χ2v) is 5.14. The molecule has 0 aliphatic heterocycles. The maximum absolute atomic E-state index is 11.6. The fourth-order valence-electron chi connectivity index (χ4n) is 1.26. The SMILES string of the molecule is Cc1cc(N)ccc1S(=O)(=O)CC(=O)O. The Kier molecular flexibility index (Phi) is 2.99. The van der Waals surface area contributed by atoms with Crippen molar-refractivity contribution in [3.05, 3.63) is 23.8 Å². The molecule has 0 aliphatic rings. The van der Waals surface area contributed by atoms with Crippen LogP contribution in [0.4, 0.5) is 5.69 Å². The van der Waals surface area contributed by atoms with Crippen molar-refractivity contribution in [1.29, 1.82) is 0 Å². The number of anilines is 1. The highest BCUT2D eigenvalue weighted by Crippen LogP contribution is 2.18. The average molecular weight is 229 g/mol. The standard InChI is InChI=1S/C9H11NO4S/c1-6-4-7(10)2-3-8(6)15(13,14)5-9(11)12/h2-4H,5,10H2,1H3,(H,11,12). The van der Waals surface area contributed by atoms with Crippen LogP contribution >= 0.6 is 0 Å². The molecule has 3 N–H and O–H groups in total. The van der Waals surface area contributed by atoms with E-state index in [9.17, 15) is 13.2 Å². The predicted molar refractivity (Wildman–Crippen MR) is 55.3 cm³/mol. The van der Waals surface area contributed by atoms with Crippen LogP contribution in [-0.4, -0.2) is 25.2 Å². The lowest BCUT2D eigenvalue weighted by molar-refractivity contribution is -0.134. The predicted octanol–water partition coefficient (Wildman–Crippen LogP) is 0.436. The molecule has 82 valence electrons. The van der Waals surface area contributed by atoms with E-state index in [0.717, 1.165) is 0 Å². The first-order chi connectivity index (χ1) is 6.83. The number of benzene rings is 1. The Morgan fingerprint density at radius 1 is 1.47 bits per heavy atom. The number of nitrogens with two attached hydrogens (primary N) is 1. The van der Waals surface area contributed by atoms with Gasteiger partial charge >= 0.3 is 5.97 Å². The molecule has 0 aromatic heterocycles. The quantitative estimate of drug-likeness (QED) is 0.733. The van der Waals surface area contributed by atoms with Crippen molar-refractivity contribution in [2.75, 3.05) is 11.5 Å². The van der Waals surface area contributed by atoms with Gasteiger partial charge in [0, 0.05) is 5.69 Å². The third kappa shape index (κ3) is 2.69. The van der Waals surface area contributed by atoms with Crippen LogP contribution in [0.1, 0.15) is 5.56 Å². The summed E-state index contributed by atoms with van der Waals surface area (Å²) in [5.74, 6) is -2.27. The third-order valence-corrected chi connectivity index (χ3v) is 3.60. The summed E-state index contributed by atoms with van der Waals surface area (Å²) in [4.78, 5) is 10.4. The van der Waals surface area contributed by atoms with Gasteiger partial charge in [0.25, 0.3) is 0 Å². The maximum Gasteiger partial charge on any atom is 0.319 e. The van der Waals surface area contributed by atoms with Crippen LogP contribution in [0.5, 0.6) is 0 Å². The molecule has 0 saturated carbocycles. The normalized spacial score (nSPS) is 11.3. The van der Waals surface area contributed by atoms with E-state index in [1.807, 2.05) is 0 Å². The van der Waals surface area contributed by atoms with Crippen LogP contribution in [0.15, 0.2) is 23.1 Å². The van der Waals surface area contributed by atoms with Crippen LogP contribution in [0, 0.1) is 6.92 Å². The zero-order valence-corrected chi connectivity index (χ0v) is 8.91. The van der Waals surface area contributed by atoms with Crippen molar-refractivity contribution in [2.45, 2.75) is 11.8 Å². The number of sulfone groups is 1. The molecule has 15 heavy (non-hydrogen) atoms. The molecule has 6 heteroatoms. The monoisotopic (exact) mass is 229 g/mol. The average Bonchev–Trinajstić information content (AvgIpc) is 1.99. The molecule has 0 radical (unpaired) electrons. The molecule has 0 unspecified atom stereocenters.